The number of esters is 1. The normalized spacial score (nSPS) is 12.5. The lowest BCUT2D eigenvalue weighted by Gasteiger charge is -2.32. The standard InChI is InChI=1S/C41H39NO4/c1-6-41(43)46-31(4)45-39-26-18-35(19-27-39)40(34-16-24-38(44-5)25-17-34)28-32-14-22-37(23-15-32)42(36-20-12-29(2)13-21-36)30(3)33-10-8-7-9-11-33/h6-28,30-31H,1H2,2-5H3. The van der Waals surface area contributed by atoms with E-state index in [1.165, 1.54) is 11.1 Å². The highest BCUT2D eigenvalue weighted by Crippen LogP contribution is 2.36. The van der Waals surface area contributed by atoms with Gasteiger partial charge in [-0.1, -0.05) is 91.0 Å². The van der Waals surface area contributed by atoms with Crippen LogP contribution < -0.4 is 14.4 Å². The molecule has 0 fully saturated rings. The van der Waals surface area contributed by atoms with Gasteiger partial charge in [-0.05, 0) is 96.3 Å². The Morgan fingerprint density at radius 2 is 1.26 bits per heavy atom. The van der Waals surface area contributed by atoms with Crippen LogP contribution in [0.3, 0.4) is 0 Å². The summed E-state index contributed by atoms with van der Waals surface area (Å²) in [4.78, 5) is 13.9. The van der Waals surface area contributed by atoms with E-state index in [0.717, 1.165) is 45.5 Å². The van der Waals surface area contributed by atoms with Gasteiger partial charge in [-0.15, -0.1) is 0 Å². The predicted octanol–water partition coefficient (Wildman–Crippen LogP) is 9.95. The highest BCUT2D eigenvalue weighted by molar-refractivity contribution is 5.92. The average molecular weight is 610 g/mol. The van der Waals surface area contributed by atoms with Gasteiger partial charge in [-0.25, -0.2) is 4.79 Å². The van der Waals surface area contributed by atoms with Gasteiger partial charge in [-0.3, -0.25) is 0 Å². The molecule has 0 aromatic heterocycles. The molecule has 232 valence electrons. The van der Waals surface area contributed by atoms with Crippen molar-refractivity contribution in [3.05, 3.63) is 168 Å². The van der Waals surface area contributed by atoms with Crippen LogP contribution in [0, 0.1) is 6.92 Å². The molecule has 0 saturated carbocycles. The quantitative estimate of drug-likeness (QED) is 0.0610. The second-order valence-corrected chi connectivity index (χ2v) is 11.0. The smallest absolute Gasteiger partial charge is 0.333 e. The molecule has 5 nitrogen and oxygen atoms in total. The molecule has 0 aliphatic carbocycles. The summed E-state index contributed by atoms with van der Waals surface area (Å²) in [5.74, 6) is 0.856. The monoisotopic (exact) mass is 609 g/mol. The molecule has 46 heavy (non-hydrogen) atoms. The van der Waals surface area contributed by atoms with E-state index in [9.17, 15) is 4.79 Å². The summed E-state index contributed by atoms with van der Waals surface area (Å²) in [6.07, 6.45) is 2.56. The van der Waals surface area contributed by atoms with E-state index in [4.69, 9.17) is 14.2 Å². The first-order valence-electron chi connectivity index (χ1n) is 15.3. The van der Waals surface area contributed by atoms with Crippen LogP contribution in [0.4, 0.5) is 11.4 Å². The van der Waals surface area contributed by atoms with Crippen LogP contribution in [-0.2, 0) is 9.53 Å². The third kappa shape index (κ3) is 7.93. The number of hydrogen-bond acceptors (Lipinski definition) is 5. The van der Waals surface area contributed by atoms with Crippen LogP contribution in [-0.4, -0.2) is 19.4 Å². The number of methoxy groups -OCH3 is 1. The average Bonchev–Trinajstić information content (AvgIpc) is 3.09. The van der Waals surface area contributed by atoms with Gasteiger partial charge in [0.2, 0.25) is 6.29 Å². The Morgan fingerprint density at radius 3 is 1.80 bits per heavy atom. The maximum atomic E-state index is 11.5. The van der Waals surface area contributed by atoms with E-state index in [2.05, 4.69) is 122 Å². The molecule has 0 bridgehead atoms. The van der Waals surface area contributed by atoms with Crippen molar-refractivity contribution < 1.29 is 19.0 Å². The van der Waals surface area contributed by atoms with Gasteiger partial charge < -0.3 is 19.1 Å². The van der Waals surface area contributed by atoms with Crippen LogP contribution >= 0.6 is 0 Å². The Labute approximate surface area is 272 Å². The van der Waals surface area contributed by atoms with Gasteiger partial charge in [0.15, 0.2) is 0 Å². The Morgan fingerprint density at radius 1 is 0.717 bits per heavy atom. The topological polar surface area (TPSA) is 48.0 Å². The van der Waals surface area contributed by atoms with Crippen molar-refractivity contribution in [3.63, 3.8) is 0 Å². The third-order valence-corrected chi connectivity index (χ3v) is 7.78. The number of benzene rings is 5. The number of rotatable bonds is 12. The van der Waals surface area contributed by atoms with E-state index in [-0.39, 0.29) is 6.04 Å². The SMILES string of the molecule is C=CC(=O)OC(C)Oc1ccc(C(=Cc2ccc(N(c3ccc(C)cc3)C(C)c3ccccc3)cc2)c2ccc(OC)cc2)cc1. The van der Waals surface area contributed by atoms with Crippen LogP contribution in [0.15, 0.2) is 140 Å². The van der Waals surface area contributed by atoms with Gasteiger partial charge in [0, 0.05) is 24.4 Å². The summed E-state index contributed by atoms with van der Waals surface area (Å²) < 4.78 is 16.3. The maximum absolute atomic E-state index is 11.5. The molecular weight excluding hydrogens is 570 g/mol. The lowest BCUT2D eigenvalue weighted by Crippen LogP contribution is -2.21. The zero-order chi connectivity index (χ0) is 32.5. The molecule has 0 aliphatic heterocycles. The van der Waals surface area contributed by atoms with Crippen molar-refractivity contribution in [2.24, 2.45) is 0 Å². The Kier molecular flexibility index (Phi) is 10.4. The summed E-state index contributed by atoms with van der Waals surface area (Å²) in [5.41, 5.74) is 8.89. The van der Waals surface area contributed by atoms with Gasteiger partial charge >= 0.3 is 5.97 Å². The highest BCUT2D eigenvalue weighted by Gasteiger charge is 2.19. The van der Waals surface area contributed by atoms with Crippen molar-refractivity contribution in [3.8, 4) is 11.5 Å². The lowest BCUT2D eigenvalue weighted by atomic mass is 9.95. The number of anilines is 2. The lowest BCUT2D eigenvalue weighted by molar-refractivity contribution is -0.154. The minimum absolute atomic E-state index is 0.129. The van der Waals surface area contributed by atoms with E-state index in [0.29, 0.717) is 5.75 Å². The van der Waals surface area contributed by atoms with Crippen molar-refractivity contribution >= 4 is 29.0 Å². The van der Waals surface area contributed by atoms with E-state index in [1.807, 2.05) is 36.4 Å². The summed E-state index contributed by atoms with van der Waals surface area (Å²) in [6.45, 7) is 9.45. The fourth-order valence-electron chi connectivity index (χ4n) is 5.32. The fraction of sp³-hybridized carbons (Fsp3) is 0.146. The maximum Gasteiger partial charge on any atom is 0.333 e. The predicted molar refractivity (Wildman–Crippen MR) is 187 cm³/mol. The molecule has 2 unspecified atom stereocenters. The molecule has 5 aromatic carbocycles. The second-order valence-electron chi connectivity index (χ2n) is 11.0. The molecule has 0 N–H and O–H groups in total. The molecule has 0 radical (unpaired) electrons. The zero-order valence-corrected chi connectivity index (χ0v) is 26.7. The highest BCUT2D eigenvalue weighted by atomic mass is 16.7. The van der Waals surface area contributed by atoms with E-state index >= 15 is 0 Å². The number of hydrogen-bond donors (Lipinski definition) is 0. The number of nitrogens with zero attached hydrogens (tertiary/aromatic N) is 1. The Bertz CT molecular complexity index is 1760. The first kappa shape index (κ1) is 31.9. The molecule has 0 saturated heterocycles. The van der Waals surface area contributed by atoms with Crippen molar-refractivity contribution in [1.82, 2.24) is 0 Å². The Hall–Kier alpha value is -5.55. The molecule has 2 atom stereocenters. The molecule has 5 heteroatoms. The summed E-state index contributed by atoms with van der Waals surface area (Å²) in [6, 6.07) is 43.8. The van der Waals surface area contributed by atoms with Crippen molar-refractivity contribution in [1.29, 1.82) is 0 Å². The molecular formula is C41H39NO4. The van der Waals surface area contributed by atoms with E-state index < -0.39 is 12.3 Å². The largest absolute Gasteiger partial charge is 0.497 e. The number of carbonyl (C=O) groups is 1. The van der Waals surface area contributed by atoms with Crippen LogP contribution in [0.5, 0.6) is 11.5 Å². The molecule has 5 rings (SSSR count). The first-order valence-corrected chi connectivity index (χ1v) is 15.3. The molecule has 0 heterocycles. The molecule has 0 aliphatic rings. The first-order chi connectivity index (χ1) is 22.3. The zero-order valence-electron chi connectivity index (χ0n) is 26.7. The van der Waals surface area contributed by atoms with Gasteiger partial charge in [0.1, 0.15) is 11.5 Å². The van der Waals surface area contributed by atoms with Gasteiger partial charge in [0.25, 0.3) is 0 Å². The minimum atomic E-state index is -0.740. The van der Waals surface area contributed by atoms with Gasteiger partial charge in [0.05, 0.1) is 13.2 Å². The second kappa shape index (κ2) is 15.0. The molecule has 5 aromatic rings. The van der Waals surface area contributed by atoms with Crippen molar-refractivity contribution in [2.75, 3.05) is 12.0 Å². The minimum Gasteiger partial charge on any atom is -0.497 e. The number of carbonyl (C=O) groups excluding carboxylic acids is 1. The van der Waals surface area contributed by atoms with Gasteiger partial charge in [-0.2, -0.15) is 0 Å². The third-order valence-electron chi connectivity index (χ3n) is 7.78. The summed E-state index contributed by atoms with van der Waals surface area (Å²) in [5, 5.41) is 0. The fourth-order valence-corrected chi connectivity index (χ4v) is 5.32. The van der Waals surface area contributed by atoms with Crippen LogP contribution in [0.25, 0.3) is 11.6 Å². The number of ether oxygens (including phenoxy) is 3. The Balaban J connectivity index is 1.48. The summed E-state index contributed by atoms with van der Waals surface area (Å²) >= 11 is 0. The summed E-state index contributed by atoms with van der Waals surface area (Å²) in [7, 11) is 1.66. The molecule has 0 spiro atoms. The molecule has 0 amide bonds. The van der Waals surface area contributed by atoms with Crippen molar-refractivity contribution in [2.45, 2.75) is 33.1 Å². The van der Waals surface area contributed by atoms with E-state index in [1.54, 1.807) is 14.0 Å². The number of aryl methyl sites for hydroxylation is 1. The van der Waals surface area contributed by atoms with Crippen LogP contribution in [0.1, 0.15) is 47.7 Å². The van der Waals surface area contributed by atoms with Crippen LogP contribution in [0.2, 0.25) is 0 Å².